The van der Waals surface area contributed by atoms with Crippen LogP contribution < -0.4 is 14.9 Å². The summed E-state index contributed by atoms with van der Waals surface area (Å²) in [6.07, 6.45) is 0. The first-order chi connectivity index (χ1) is 16.7. The predicted molar refractivity (Wildman–Crippen MR) is 139 cm³/mol. The monoisotopic (exact) mass is 487 g/mol. The Balaban J connectivity index is 1.67. The molecule has 0 aromatic heterocycles. The van der Waals surface area contributed by atoms with E-state index in [4.69, 9.17) is 0 Å². The molecule has 0 spiro atoms. The highest BCUT2D eigenvalue weighted by atomic mass is 32.2. The van der Waals surface area contributed by atoms with Crippen LogP contribution >= 0.6 is 0 Å². The van der Waals surface area contributed by atoms with Gasteiger partial charge in [0.1, 0.15) is 0 Å². The Morgan fingerprint density at radius 1 is 0.771 bits per heavy atom. The summed E-state index contributed by atoms with van der Waals surface area (Å²) in [6.45, 7) is 1.85. The molecule has 0 unspecified atom stereocenters. The van der Waals surface area contributed by atoms with Crippen molar-refractivity contribution in [2.75, 3.05) is 24.3 Å². The summed E-state index contributed by atoms with van der Waals surface area (Å²) in [5, 5.41) is 3.81. The highest BCUT2D eigenvalue weighted by Gasteiger charge is 2.23. The van der Waals surface area contributed by atoms with Crippen LogP contribution in [0, 0.1) is 6.92 Å². The molecule has 0 saturated carbocycles. The van der Waals surface area contributed by atoms with Gasteiger partial charge in [-0.15, -0.1) is 0 Å². The number of nitrogens with one attached hydrogen (secondary N) is 2. The molecular weight excluding hydrogens is 462 g/mol. The standard InChI is InChI=1S/C27H25N3O4S/c1-18-9-4-5-12-21(18)27(32)28-24-15-16-25(23-14-7-6-13-22(23)24)35(33,34)29-26(31)19-10-8-11-20(17-19)30(2)3/h4-17H,1-3H3,(H,28,32)(H,29,31). The fourth-order valence-electron chi connectivity index (χ4n) is 3.79. The van der Waals surface area contributed by atoms with Gasteiger partial charge < -0.3 is 10.2 Å². The molecule has 0 radical (unpaired) electrons. The Kier molecular flexibility index (Phi) is 6.57. The summed E-state index contributed by atoms with van der Waals surface area (Å²) in [6, 6.07) is 23.7. The van der Waals surface area contributed by atoms with Crippen molar-refractivity contribution in [3.63, 3.8) is 0 Å². The van der Waals surface area contributed by atoms with E-state index in [0.29, 0.717) is 22.0 Å². The SMILES string of the molecule is Cc1ccccc1C(=O)Nc1ccc(S(=O)(=O)NC(=O)c2cccc(N(C)C)c2)c2ccccc12. The van der Waals surface area contributed by atoms with Crippen LogP contribution in [0.4, 0.5) is 11.4 Å². The van der Waals surface area contributed by atoms with Crippen LogP contribution in [0.3, 0.4) is 0 Å². The van der Waals surface area contributed by atoms with E-state index in [-0.39, 0.29) is 16.4 Å². The number of aryl methyl sites for hydroxylation is 1. The van der Waals surface area contributed by atoms with Gasteiger partial charge in [-0.05, 0) is 48.9 Å². The van der Waals surface area contributed by atoms with Crippen molar-refractivity contribution in [3.05, 3.63) is 102 Å². The van der Waals surface area contributed by atoms with Crippen LogP contribution in [-0.2, 0) is 10.0 Å². The van der Waals surface area contributed by atoms with E-state index in [1.54, 1.807) is 54.6 Å². The molecule has 4 aromatic carbocycles. The topological polar surface area (TPSA) is 95.6 Å². The van der Waals surface area contributed by atoms with E-state index in [1.165, 1.54) is 12.1 Å². The Hall–Kier alpha value is -4.17. The average Bonchev–Trinajstić information content (AvgIpc) is 2.84. The Morgan fingerprint density at radius 3 is 2.17 bits per heavy atom. The number of anilines is 2. The van der Waals surface area contributed by atoms with Gasteiger partial charge in [0.05, 0.1) is 4.90 Å². The second-order valence-corrected chi connectivity index (χ2v) is 9.96. The summed E-state index contributed by atoms with van der Waals surface area (Å²) in [7, 11) is -0.532. The van der Waals surface area contributed by atoms with Crippen molar-refractivity contribution in [2.45, 2.75) is 11.8 Å². The summed E-state index contributed by atoms with van der Waals surface area (Å²) < 4.78 is 28.6. The predicted octanol–water partition coefficient (Wildman–Crippen LogP) is 4.59. The maximum atomic E-state index is 13.2. The smallest absolute Gasteiger partial charge is 0.265 e. The number of carbonyl (C=O) groups excluding carboxylic acids is 2. The molecule has 178 valence electrons. The van der Waals surface area contributed by atoms with Crippen molar-refractivity contribution in [3.8, 4) is 0 Å². The minimum absolute atomic E-state index is 0.0564. The van der Waals surface area contributed by atoms with Gasteiger partial charge in [0.15, 0.2) is 0 Å². The average molecular weight is 488 g/mol. The largest absolute Gasteiger partial charge is 0.378 e. The first-order valence-corrected chi connectivity index (χ1v) is 12.4. The lowest BCUT2D eigenvalue weighted by atomic mass is 10.1. The number of hydrogen-bond donors (Lipinski definition) is 2. The van der Waals surface area contributed by atoms with Gasteiger partial charge in [-0.2, -0.15) is 0 Å². The summed E-state index contributed by atoms with van der Waals surface area (Å²) >= 11 is 0. The third kappa shape index (κ3) is 5.02. The molecule has 0 aliphatic rings. The lowest BCUT2D eigenvalue weighted by Crippen LogP contribution is -2.31. The molecule has 0 heterocycles. The van der Waals surface area contributed by atoms with Crippen molar-refractivity contribution < 1.29 is 18.0 Å². The molecule has 2 amide bonds. The second-order valence-electron chi connectivity index (χ2n) is 8.31. The van der Waals surface area contributed by atoms with Gasteiger partial charge >= 0.3 is 0 Å². The van der Waals surface area contributed by atoms with E-state index in [2.05, 4.69) is 10.0 Å². The molecule has 0 bridgehead atoms. The molecule has 4 rings (SSSR count). The zero-order chi connectivity index (χ0) is 25.2. The molecule has 8 heteroatoms. The van der Waals surface area contributed by atoms with Crippen molar-refractivity contribution >= 4 is 44.0 Å². The van der Waals surface area contributed by atoms with Crippen LogP contribution in [0.1, 0.15) is 26.3 Å². The first kappa shape index (κ1) is 24.0. The van der Waals surface area contributed by atoms with Gasteiger partial charge in [0, 0.05) is 47.4 Å². The molecule has 0 atom stereocenters. The van der Waals surface area contributed by atoms with Gasteiger partial charge in [-0.3, -0.25) is 9.59 Å². The van der Waals surface area contributed by atoms with Gasteiger partial charge in [-0.1, -0.05) is 48.5 Å². The maximum absolute atomic E-state index is 13.2. The second kappa shape index (κ2) is 9.60. The minimum Gasteiger partial charge on any atom is -0.378 e. The van der Waals surface area contributed by atoms with Gasteiger partial charge in [0.25, 0.3) is 21.8 Å². The first-order valence-electron chi connectivity index (χ1n) is 10.9. The Bertz CT molecular complexity index is 1550. The molecule has 0 saturated heterocycles. The van der Waals surface area contributed by atoms with Gasteiger partial charge in [-0.25, -0.2) is 13.1 Å². The fourth-order valence-corrected chi connectivity index (χ4v) is 4.98. The normalized spacial score (nSPS) is 11.2. The molecule has 4 aromatic rings. The van der Waals surface area contributed by atoms with E-state index in [0.717, 1.165) is 11.3 Å². The molecule has 0 aliphatic heterocycles. The van der Waals surface area contributed by atoms with E-state index in [9.17, 15) is 18.0 Å². The van der Waals surface area contributed by atoms with Crippen LogP contribution in [-0.4, -0.2) is 34.3 Å². The van der Waals surface area contributed by atoms with Crippen LogP contribution in [0.15, 0.2) is 89.8 Å². The molecule has 35 heavy (non-hydrogen) atoms. The number of rotatable bonds is 6. The van der Waals surface area contributed by atoms with Crippen LogP contribution in [0.2, 0.25) is 0 Å². The zero-order valence-corrected chi connectivity index (χ0v) is 20.4. The molecule has 0 fully saturated rings. The lowest BCUT2D eigenvalue weighted by Gasteiger charge is -2.15. The number of sulfonamides is 1. The van der Waals surface area contributed by atoms with E-state index >= 15 is 0 Å². The highest BCUT2D eigenvalue weighted by Crippen LogP contribution is 2.30. The van der Waals surface area contributed by atoms with Crippen molar-refractivity contribution in [1.82, 2.24) is 4.72 Å². The molecule has 7 nitrogen and oxygen atoms in total. The Morgan fingerprint density at radius 2 is 1.46 bits per heavy atom. The number of nitrogens with zero attached hydrogens (tertiary/aromatic N) is 1. The number of fused-ring (bicyclic) bond motifs is 1. The molecule has 0 aliphatic carbocycles. The number of benzene rings is 4. The van der Waals surface area contributed by atoms with Crippen LogP contribution in [0.5, 0.6) is 0 Å². The zero-order valence-electron chi connectivity index (χ0n) is 19.6. The third-order valence-corrected chi connectivity index (χ3v) is 7.05. The maximum Gasteiger partial charge on any atom is 0.265 e. The van der Waals surface area contributed by atoms with E-state index < -0.39 is 15.9 Å². The molecular formula is C27H25N3O4S. The highest BCUT2D eigenvalue weighted by molar-refractivity contribution is 7.90. The summed E-state index contributed by atoms with van der Waals surface area (Å²) in [4.78, 5) is 27.4. The molecule has 2 N–H and O–H groups in total. The fraction of sp³-hybridized carbons (Fsp3) is 0.111. The van der Waals surface area contributed by atoms with E-state index in [1.807, 2.05) is 44.1 Å². The lowest BCUT2D eigenvalue weighted by molar-refractivity contribution is 0.0979. The summed E-state index contributed by atoms with van der Waals surface area (Å²) in [5.74, 6) is -1.02. The summed E-state index contributed by atoms with van der Waals surface area (Å²) in [5.41, 5.74) is 2.83. The van der Waals surface area contributed by atoms with Gasteiger partial charge in [0.2, 0.25) is 0 Å². The Labute approximate surface area is 204 Å². The minimum atomic E-state index is -4.20. The third-order valence-electron chi connectivity index (χ3n) is 5.66. The number of amides is 2. The van der Waals surface area contributed by atoms with Crippen molar-refractivity contribution in [2.24, 2.45) is 0 Å². The van der Waals surface area contributed by atoms with Crippen molar-refractivity contribution in [1.29, 1.82) is 0 Å². The van der Waals surface area contributed by atoms with Crippen LogP contribution in [0.25, 0.3) is 10.8 Å². The number of hydrogen-bond acceptors (Lipinski definition) is 5. The number of carbonyl (C=O) groups is 2. The quantitative estimate of drug-likeness (QED) is 0.415.